The number of amides is 3. The molecule has 0 bridgehead atoms. The molecule has 2 aliphatic heterocycles. The molecule has 3 amide bonds. The Kier molecular flexibility index (Phi) is 7.15. The van der Waals surface area contributed by atoms with Gasteiger partial charge in [-0.3, -0.25) is 9.78 Å². The first-order chi connectivity index (χ1) is 17.1. The van der Waals surface area contributed by atoms with Gasteiger partial charge in [-0.05, 0) is 49.6 Å². The number of pyridine rings is 1. The van der Waals surface area contributed by atoms with Crippen LogP contribution in [0.25, 0.3) is 0 Å². The Morgan fingerprint density at radius 2 is 2.00 bits per heavy atom. The second kappa shape index (κ2) is 10.6. The summed E-state index contributed by atoms with van der Waals surface area (Å²) in [6.07, 6.45) is 5.60. The third-order valence-corrected chi connectivity index (χ3v) is 7.05. The number of nitrogens with zero attached hydrogens (tertiary/aromatic N) is 1. The lowest BCUT2D eigenvalue weighted by Gasteiger charge is -2.37. The van der Waals surface area contributed by atoms with Gasteiger partial charge in [0, 0.05) is 29.4 Å². The molecule has 1 saturated carbocycles. The summed E-state index contributed by atoms with van der Waals surface area (Å²) in [5.74, 6) is 0.558. The van der Waals surface area contributed by atoms with Gasteiger partial charge in [0.25, 0.3) is 0 Å². The standard InChI is InChI=1S/C26H32N4O5/c31-15-23-25-21(12-19(34-23)13-24(32)28-14-18-7-3-4-10-27-18)20-11-17(8-9-22(20)35-25)30-26(33)29-16-5-1-2-6-16/h3-4,7-11,16,19,21,23,25,31H,1-2,5-6,12-15H2,(H,28,32)(H2,29,30,33)/t19-,21+,23-,25-/m1/s1. The van der Waals surface area contributed by atoms with Crippen LogP contribution in [0.5, 0.6) is 5.75 Å². The highest BCUT2D eigenvalue weighted by Gasteiger charge is 2.46. The average molecular weight is 481 g/mol. The number of hydrogen-bond donors (Lipinski definition) is 4. The molecule has 4 N–H and O–H groups in total. The number of hydrogen-bond acceptors (Lipinski definition) is 6. The molecule has 0 unspecified atom stereocenters. The fourth-order valence-corrected chi connectivity index (χ4v) is 5.36. The molecular formula is C26H32N4O5. The number of urea groups is 1. The van der Waals surface area contributed by atoms with Crippen molar-refractivity contribution in [2.24, 2.45) is 0 Å². The van der Waals surface area contributed by atoms with Gasteiger partial charge >= 0.3 is 6.03 Å². The minimum Gasteiger partial charge on any atom is -0.487 e. The topological polar surface area (TPSA) is 122 Å². The zero-order valence-electron chi connectivity index (χ0n) is 19.6. The van der Waals surface area contributed by atoms with Crippen LogP contribution in [-0.4, -0.2) is 53.0 Å². The Morgan fingerprint density at radius 1 is 1.14 bits per heavy atom. The van der Waals surface area contributed by atoms with Gasteiger partial charge in [0.1, 0.15) is 18.0 Å². The molecule has 4 atom stereocenters. The lowest BCUT2D eigenvalue weighted by molar-refractivity contribution is -0.142. The summed E-state index contributed by atoms with van der Waals surface area (Å²) in [5.41, 5.74) is 2.45. The number of nitrogens with one attached hydrogen (secondary N) is 3. The fraction of sp³-hybridized carbons (Fsp3) is 0.500. The second-order valence-electron chi connectivity index (χ2n) is 9.54. The van der Waals surface area contributed by atoms with Crippen molar-refractivity contribution < 1.29 is 24.2 Å². The van der Waals surface area contributed by atoms with Gasteiger partial charge < -0.3 is 30.5 Å². The summed E-state index contributed by atoms with van der Waals surface area (Å²) in [6.45, 7) is 0.155. The molecule has 3 heterocycles. The molecular weight excluding hydrogens is 448 g/mol. The Morgan fingerprint density at radius 3 is 2.77 bits per heavy atom. The SMILES string of the molecule is O=C(C[C@H]1C[C@H]2c3cc(NC(=O)NC4CCCC4)ccc3O[C@H]2[C@@H](CO)O1)NCc1ccccn1. The molecule has 9 nitrogen and oxygen atoms in total. The molecule has 2 fully saturated rings. The number of aliphatic hydroxyl groups is 1. The van der Waals surface area contributed by atoms with Crippen molar-refractivity contribution in [3.63, 3.8) is 0 Å². The molecule has 1 saturated heterocycles. The van der Waals surface area contributed by atoms with E-state index in [1.807, 2.05) is 36.4 Å². The third kappa shape index (κ3) is 5.57. The molecule has 0 spiro atoms. The van der Waals surface area contributed by atoms with Crippen LogP contribution in [-0.2, 0) is 16.1 Å². The van der Waals surface area contributed by atoms with E-state index in [4.69, 9.17) is 9.47 Å². The molecule has 3 aliphatic rings. The summed E-state index contributed by atoms with van der Waals surface area (Å²) < 4.78 is 12.2. The van der Waals surface area contributed by atoms with Crippen molar-refractivity contribution in [3.05, 3.63) is 53.9 Å². The highest BCUT2D eigenvalue weighted by atomic mass is 16.6. The van der Waals surface area contributed by atoms with Crippen molar-refractivity contribution in [2.75, 3.05) is 11.9 Å². The normalized spacial score (nSPS) is 25.3. The molecule has 1 aromatic heterocycles. The lowest BCUT2D eigenvalue weighted by atomic mass is 9.84. The van der Waals surface area contributed by atoms with Gasteiger partial charge in [-0.2, -0.15) is 0 Å². The van der Waals surface area contributed by atoms with Gasteiger partial charge in [0.05, 0.1) is 31.4 Å². The molecule has 5 rings (SSSR count). The van der Waals surface area contributed by atoms with Crippen LogP contribution in [0.3, 0.4) is 0 Å². The number of rotatable bonds is 7. The first-order valence-electron chi connectivity index (χ1n) is 12.4. The number of aliphatic hydroxyl groups excluding tert-OH is 1. The van der Waals surface area contributed by atoms with Crippen LogP contribution in [0.4, 0.5) is 10.5 Å². The minimum atomic E-state index is -0.531. The number of fused-ring (bicyclic) bond motifs is 3. The van der Waals surface area contributed by atoms with E-state index in [9.17, 15) is 14.7 Å². The zero-order chi connectivity index (χ0) is 24.2. The van der Waals surface area contributed by atoms with Crippen molar-refractivity contribution >= 4 is 17.6 Å². The summed E-state index contributed by atoms with van der Waals surface area (Å²) in [5, 5.41) is 18.8. The van der Waals surface area contributed by atoms with Crippen LogP contribution in [0.2, 0.25) is 0 Å². The molecule has 0 radical (unpaired) electrons. The summed E-state index contributed by atoms with van der Waals surface area (Å²) in [7, 11) is 0. The van der Waals surface area contributed by atoms with Crippen LogP contribution in [0.1, 0.15) is 55.7 Å². The van der Waals surface area contributed by atoms with Gasteiger partial charge in [0.2, 0.25) is 5.91 Å². The molecule has 2 aromatic rings. The lowest BCUT2D eigenvalue weighted by Crippen LogP contribution is -2.47. The maximum atomic E-state index is 12.6. The number of ether oxygens (including phenoxy) is 2. The van der Waals surface area contributed by atoms with Crippen molar-refractivity contribution in [1.82, 2.24) is 15.6 Å². The van der Waals surface area contributed by atoms with Crippen molar-refractivity contribution in [2.45, 2.75) is 75.3 Å². The van der Waals surface area contributed by atoms with Gasteiger partial charge in [-0.15, -0.1) is 0 Å². The van der Waals surface area contributed by atoms with Gasteiger partial charge in [-0.25, -0.2) is 4.79 Å². The minimum absolute atomic E-state index is 0.0378. The quantitative estimate of drug-likeness (QED) is 0.484. The Labute approximate surface area is 204 Å². The third-order valence-electron chi connectivity index (χ3n) is 7.05. The fourth-order valence-electron chi connectivity index (χ4n) is 5.36. The van der Waals surface area contributed by atoms with E-state index in [-0.39, 0.29) is 49.1 Å². The highest BCUT2D eigenvalue weighted by molar-refractivity contribution is 5.89. The van der Waals surface area contributed by atoms with Crippen molar-refractivity contribution in [3.8, 4) is 5.75 Å². The second-order valence-corrected chi connectivity index (χ2v) is 9.54. The first-order valence-corrected chi connectivity index (χ1v) is 12.4. The van der Waals surface area contributed by atoms with E-state index in [0.717, 1.165) is 42.7 Å². The summed E-state index contributed by atoms with van der Waals surface area (Å²) >= 11 is 0. The monoisotopic (exact) mass is 480 g/mol. The van der Waals surface area contributed by atoms with Crippen LogP contribution < -0.4 is 20.7 Å². The Hall–Kier alpha value is -3.17. The summed E-state index contributed by atoms with van der Waals surface area (Å²) in [6, 6.07) is 11.2. The van der Waals surface area contributed by atoms with E-state index >= 15 is 0 Å². The number of aromatic nitrogens is 1. The highest BCUT2D eigenvalue weighted by Crippen LogP contribution is 2.47. The van der Waals surface area contributed by atoms with Crippen LogP contribution >= 0.6 is 0 Å². The number of anilines is 1. The molecule has 186 valence electrons. The Balaban J connectivity index is 1.22. The number of carbonyl (C=O) groups excluding carboxylic acids is 2. The largest absolute Gasteiger partial charge is 0.487 e. The van der Waals surface area contributed by atoms with E-state index in [1.54, 1.807) is 6.20 Å². The molecule has 35 heavy (non-hydrogen) atoms. The maximum absolute atomic E-state index is 12.6. The van der Waals surface area contributed by atoms with Gasteiger partial charge in [0.15, 0.2) is 0 Å². The number of benzene rings is 1. The van der Waals surface area contributed by atoms with Crippen LogP contribution in [0, 0.1) is 0 Å². The van der Waals surface area contributed by atoms with E-state index in [0.29, 0.717) is 18.7 Å². The summed E-state index contributed by atoms with van der Waals surface area (Å²) in [4.78, 5) is 29.2. The number of carbonyl (C=O) groups is 2. The zero-order valence-corrected chi connectivity index (χ0v) is 19.6. The molecule has 9 heteroatoms. The predicted molar refractivity (Wildman–Crippen MR) is 129 cm³/mol. The molecule has 1 aromatic carbocycles. The predicted octanol–water partition coefficient (Wildman–Crippen LogP) is 2.85. The average Bonchev–Trinajstić information content (AvgIpc) is 3.50. The van der Waals surface area contributed by atoms with E-state index in [2.05, 4.69) is 20.9 Å². The van der Waals surface area contributed by atoms with E-state index < -0.39 is 6.10 Å². The van der Waals surface area contributed by atoms with Crippen LogP contribution in [0.15, 0.2) is 42.6 Å². The van der Waals surface area contributed by atoms with E-state index in [1.165, 1.54) is 0 Å². The smallest absolute Gasteiger partial charge is 0.319 e. The van der Waals surface area contributed by atoms with Crippen molar-refractivity contribution in [1.29, 1.82) is 0 Å². The maximum Gasteiger partial charge on any atom is 0.319 e. The first kappa shape index (κ1) is 23.6. The molecule has 1 aliphatic carbocycles. The Bertz CT molecular complexity index is 1040. The van der Waals surface area contributed by atoms with Gasteiger partial charge in [-0.1, -0.05) is 18.9 Å².